The van der Waals surface area contributed by atoms with Gasteiger partial charge in [0.15, 0.2) is 0 Å². The molecule has 2 rings (SSSR count). The first-order valence-corrected chi connectivity index (χ1v) is 5.79. The fourth-order valence-corrected chi connectivity index (χ4v) is 1.80. The lowest BCUT2D eigenvalue weighted by molar-refractivity contribution is 0.0991. The number of carbonyl (C=O) groups is 1. The van der Waals surface area contributed by atoms with Crippen molar-refractivity contribution < 1.29 is 4.79 Å². The van der Waals surface area contributed by atoms with Crippen molar-refractivity contribution in [2.45, 2.75) is 0 Å². The maximum Gasteiger partial charge on any atom is 0.261 e. The highest BCUT2D eigenvalue weighted by atomic mass is 79.9. The first kappa shape index (κ1) is 11.7. The Hall–Kier alpha value is -1.75. The van der Waals surface area contributed by atoms with Gasteiger partial charge >= 0.3 is 0 Å². The lowest BCUT2D eigenvalue weighted by Gasteiger charge is -2.16. The summed E-state index contributed by atoms with van der Waals surface area (Å²) in [7, 11) is 1.68. The molecule has 0 atom stereocenters. The van der Waals surface area contributed by atoms with Crippen molar-refractivity contribution in [3.63, 3.8) is 0 Å². The number of aromatic nitrogens is 2. The maximum atomic E-state index is 12.2. The van der Waals surface area contributed by atoms with E-state index in [9.17, 15) is 4.79 Å². The zero-order valence-corrected chi connectivity index (χ0v) is 10.8. The molecule has 2 aromatic heterocycles. The molecule has 0 aliphatic heterocycles. The summed E-state index contributed by atoms with van der Waals surface area (Å²) >= 11 is 3.26. The van der Waals surface area contributed by atoms with Crippen LogP contribution in [-0.4, -0.2) is 22.9 Å². The van der Waals surface area contributed by atoms with Gasteiger partial charge in [0.1, 0.15) is 10.4 Å². The standard InChI is InChI=1S/C12H10BrN3O/c1-16(10-6-2-3-7-14-10)12(17)9-5-4-8-15-11(9)13/h2-8H,1H3. The molecule has 0 aliphatic rings. The number of halogens is 1. The van der Waals surface area contributed by atoms with Gasteiger partial charge in [-0.05, 0) is 40.2 Å². The molecule has 5 heteroatoms. The lowest BCUT2D eigenvalue weighted by atomic mass is 10.2. The first-order chi connectivity index (χ1) is 8.20. The van der Waals surface area contributed by atoms with E-state index in [-0.39, 0.29) is 5.91 Å². The summed E-state index contributed by atoms with van der Waals surface area (Å²) in [6.45, 7) is 0. The Bertz CT molecular complexity index is 530. The molecular weight excluding hydrogens is 282 g/mol. The summed E-state index contributed by atoms with van der Waals surface area (Å²) in [5, 5.41) is 0. The van der Waals surface area contributed by atoms with Crippen LogP contribution in [0.1, 0.15) is 10.4 Å². The van der Waals surface area contributed by atoms with Gasteiger partial charge in [0.25, 0.3) is 5.91 Å². The largest absolute Gasteiger partial charge is 0.296 e. The van der Waals surface area contributed by atoms with Gasteiger partial charge in [0.2, 0.25) is 0 Å². The van der Waals surface area contributed by atoms with E-state index >= 15 is 0 Å². The highest BCUT2D eigenvalue weighted by molar-refractivity contribution is 9.10. The van der Waals surface area contributed by atoms with Gasteiger partial charge in [-0.3, -0.25) is 9.69 Å². The first-order valence-electron chi connectivity index (χ1n) is 5.00. The van der Waals surface area contributed by atoms with Gasteiger partial charge in [0, 0.05) is 19.4 Å². The number of pyridine rings is 2. The molecule has 0 N–H and O–H groups in total. The van der Waals surface area contributed by atoms with Gasteiger partial charge in [0.05, 0.1) is 5.56 Å². The molecule has 0 radical (unpaired) electrons. The van der Waals surface area contributed by atoms with Crippen LogP contribution in [0.2, 0.25) is 0 Å². The van der Waals surface area contributed by atoms with E-state index in [1.54, 1.807) is 37.6 Å². The molecule has 0 saturated heterocycles. The number of hydrogen-bond acceptors (Lipinski definition) is 3. The van der Waals surface area contributed by atoms with Crippen LogP contribution in [0.5, 0.6) is 0 Å². The number of nitrogens with zero attached hydrogens (tertiary/aromatic N) is 3. The Morgan fingerprint density at radius 2 is 1.94 bits per heavy atom. The number of anilines is 1. The summed E-state index contributed by atoms with van der Waals surface area (Å²) in [5.41, 5.74) is 0.514. The van der Waals surface area contributed by atoms with Crippen molar-refractivity contribution in [3.8, 4) is 0 Å². The minimum Gasteiger partial charge on any atom is -0.296 e. The number of hydrogen-bond donors (Lipinski definition) is 0. The summed E-state index contributed by atoms with van der Waals surface area (Å²) in [5.74, 6) is 0.455. The van der Waals surface area contributed by atoms with Crippen molar-refractivity contribution >= 4 is 27.7 Å². The maximum absolute atomic E-state index is 12.2. The predicted octanol–water partition coefficient (Wildman–Crippen LogP) is 2.52. The molecule has 0 aliphatic carbocycles. The Labute approximate surface area is 107 Å². The zero-order valence-electron chi connectivity index (χ0n) is 9.17. The Balaban J connectivity index is 2.30. The van der Waals surface area contributed by atoms with E-state index in [1.807, 2.05) is 12.1 Å². The Morgan fingerprint density at radius 3 is 2.59 bits per heavy atom. The highest BCUT2D eigenvalue weighted by Crippen LogP contribution is 2.17. The van der Waals surface area contributed by atoms with Crippen LogP contribution in [-0.2, 0) is 0 Å². The molecule has 1 amide bonds. The third-order valence-corrected chi connectivity index (χ3v) is 2.92. The molecule has 0 spiro atoms. The molecule has 0 unspecified atom stereocenters. The predicted molar refractivity (Wildman–Crippen MR) is 68.9 cm³/mol. The van der Waals surface area contributed by atoms with Crippen molar-refractivity contribution in [1.82, 2.24) is 9.97 Å². The summed E-state index contributed by atoms with van der Waals surface area (Å²) in [6.07, 6.45) is 3.28. The SMILES string of the molecule is CN(C(=O)c1cccnc1Br)c1ccccn1. The summed E-state index contributed by atoms with van der Waals surface area (Å²) < 4.78 is 0.535. The molecule has 86 valence electrons. The monoisotopic (exact) mass is 291 g/mol. The molecular formula is C12H10BrN3O. The van der Waals surface area contributed by atoms with Crippen LogP contribution in [0.3, 0.4) is 0 Å². The van der Waals surface area contributed by atoms with Gasteiger partial charge in [-0.15, -0.1) is 0 Å². The number of amides is 1. The van der Waals surface area contributed by atoms with Crippen molar-refractivity contribution in [2.24, 2.45) is 0 Å². The molecule has 0 bridgehead atoms. The summed E-state index contributed by atoms with van der Waals surface area (Å²) in [4.78, 5) is 21.8. The Morgan fingerprint density at radius 1 is 1.18 bits per heavy atom. The van der Waals surface area contributed by atoms with E-state index < -0.39 is 0 Å². The molecule has 17 heavy (non-hydrogen) atoms. The molecule has 0 fully saturated rings. The molecule has 4 nitrogen and oxygen atoms in total. The lowest BCUT2D eigenvalue weighted by Crippen LogP contribution is -2.27. The van der Waals surface area contributed by atoms with Gasteiger partial charge in [-0.1, -0.05) is 6.07 Å². The topological polar surface area (TPSA) is 46.1 Å². The number of carbonyl (C=O) groups excluding carboxylic acids is 1. The normalized spacial score (nSPS) is 10.0. The quantitative estimate of drug-likeness (QED) is 0.799. The molecule has 0 saturated carbocycles. The van der Waals surface area contributed by atoms with E-state index in [1.165, 1.54) is 4.90 Å². The fraction of sp³-hybridized carbons (Fsp3) is 0.0833. The smallest absolute Gasteiger partial charge is 0.261 e. The van der Waals surface area contributed by atoms with Crippen molar-refractivity contribution in [1.29, 1.82) is 0 Å². The van der Waals surface area contributed by atoms with Crippen LogP contribution in [0, 0.1) is 0 Å². The number of rotatable bonds is 2. The minimum atomic E-state index is -0.149. The van der Waals surface area contributed by atoms with Gasteiger partial charge in [-0.2, -0.15) is 0 Å². The van der Waals surface area contributed by atoms with Crippen LogP contribution in [0.15, 0.2) is 47.3 Å². The van der Waals surface area contributed by atoms with Crippen molar-refractivity contribution in [2.75, 3.05) is 11.9 Å². The Kier molecular flexibility index (Phi) is 3.49. The second kappa shape index (κ2) is 5.05. The van der Waals surface area contributed by atoms with Crippen LogP contribution >= 0.6 is 15.9 Å². The minimum absolute atomic E-state index is 0.149. The highest BCUT2D eigenvalue weighted by Gasteiger charge is 2.16. The second-order valence-electron chi connectivity index (χ2n) is 3.39. The molecule has 0 aromatic carbocycles. The molecule has 2 heterocycles. The van der Waals surface area contributed by atoms with Crippen LogP contribution < -0.4 is 4.90 Å². The van der Waals surface area contributed by atoms with E-state index in [2.05, 4.69) is 25.9 Å². The average Bonchev–Trinajstić information content (AvgIpc) is 2.39. The third kappa shape index (κ3) is 2.50. The van der Waals surface area contributed by atoms with Crippen LogP contribution in [0.25, 0.3) is 0 Å². The summed E-state index contributed by atoms with van der Waals surface area (Å²) in [6, 6.07) is 8.87. The zero-order chi connectivity index (χ0) is 12.3. The average molecular weight is 292 g/mol. The van der Waals surface area contributed by atoms with Gasteiger partial charge < -0.3 is 0 Å². The third-order valence-electron chi connectivity index (χ3n) is 2.29. The van der Waals surface area contributed by atoms with Crippen molar-refractivity contribution in [3.05, 3.63) is 52.9 Å². The second-order valence-corrected chi connectivity index (χ2v) is 4.15. The van der Waals surface area contributed by atoms with E-state index in [0.29, 0.717) is 16.0 Å². The van der Waals surface area contributed by atoms with Gasteiger partial charge in [-0.25, -0.2) is 9.97 Å². The molecule has 2 aromatic rings. The van der Waals surface area contributed by atoms with E-state index in [4.69, 9.17) is 0 Å². The fourth-order valence-electron chi connectivity index (χ4n) is 1.38. The van der Waals surface area contributed by atoms with Crippen LogP contribution in [0.4, 0.5) is 5.82 Å². The van der Waals surface area contributed by atoms with E-state index in [0.717, 1.165) is 0 Å².